The van der Waals surface area contributed by atoms with E-state index in [0.717, 1.165) is 24.8 Å². The fraction of sp³-hybridized carbons (Fsp3) is 0.188. The number of hydrogen-bond donors (Lipinski definition) is 0. The van der Waals surface area contributed by atoms with Crippen LogP contribution in [0.2, 0.25) is 0 Å². The maximum atomic E-state index is 12.1. The van der Waals surface area contributed by atoms with Crippen molar-refractivity contribution in [3.63, 3.8) is 0 Å². The number of benzene rings is 1. The molecule has 0 unspecified atom stereocenters. The van der Waals surface area contributed by atoms with Crippen LogP contribution in [0.25, 0.3) is 6.08 Å². The van der Waals surface area contributed by atoms with Gasteiger partial charge < -0.3 is 9.47 Å². The highest BCUT2D eigenvalue weighted by Gasteiger charge is 2.26. The van der Waals surface area contributed by atoms with Crippen molar-refractivity contribution in [1.82, 2.24) is 0 Å². The summed E-state index contributed by atoms with van der Waals surface area (Å²) in [5.74, 6) is -0.218. The molecule has 2 rings (SSSR count). The van der Waals surface area contributed by atoms with Gasteiger partial charge in [0.25, 0.3) is 0 Å². The Morgan fingerprint density at radius 1 is 1.50 bits per heavy atom. The molecular weight excluding hydrogens is 380 g/mol. The molecule has 0 saturated carbocycles. The number of esters is 1. The molecule has 1 aromatic rings. The lowest BCUT2D eigenvalue weighted by Crippen LogP contribution is -2.06. The van der Waals surface area contributed by atoms with E-state index < -0.39 is 16.6 Å². The van der Waals surface area contributed by atoms with Gasteiger partial charge in [0.2, 0.25) is 10.9 Å². The lowest BCUT2D eigenvalue weighted by atomic mass is 10.1. The highest BCUT2D eigenvalue weighted by atomic mass is 32.2. The topological polar surface area (TPSA) is 108 Å². The molecule has 0 amide bonds. The number of aliphatic imine (C=N–C) groups is 1. The SMILES string of the molecule is C=CCSC1=N/C(=C\c2cc(OC)cc([N+](=O)[O-])c2OC(C)=O)C(=O)S1. The number of thioether (sulfide) groups is 2. The number of carbonyl (C=O) groups excluding carboxylic acids is 2. The van der Waals surface area contributed by atoms with Crippen LogP contribution in [0.3, 0.4) is 0 Å². The highest BCUT2D eigenvalue weighted by molar-refractivity contribution is 8.45. The molecule has 0 N–H and O–H groups in total. The second-order valence-corrected chi connectivity index (χ2v) is 7.04. The van der Waals surface area contributed by atoms with Gasteiger partial charge in [0.15, 0.2) is 0 Å². The molecule has 1 aliphatic heterocycles. The Morgan fingerprint density at radius 3 is 2.81 bits per heavy atom. The number of methoxy groups -OCH3 is 1. The van der Waals surface area contributed by atoms with Crippen LogP contribution in [-0.2, 0) is 9.59 Å². The van der Waals surface area contributed by atoms with Gasteiger partial charge in [-0.05, 0) is 23.9 Å². The van der Waals surface area contributed by atoms with Crippen molar-refractivity contribution >= 4 is 50.7 Å². The van der Waals surface area contributed by atoms with Gasteiger partial charge in [-0.1, -0.05) is 17.8 Å². The van der Waals surface area contributed by atoms with Crippen LogP contribution in [-0.4, -0.2) is 33.2 Å². The van der Waals surface area contributed by atoms with Gasteiger partial charge >= 0.3 is 11.7 Å². The van der Waals surface area contributed by atoms with Gasteiger partial charge in [-0.15, -0.1) is 6.58 Å². The van der Waals surface area contributed by atoms with Crippen LogP contribution < -0.4 is 9.47 Å². The minimum atomic E-state index is -0.726. The zero-order chi connectivity index (χ0) is 19.3. The van der Waals surface area contributed by atoms with Gasteiger partial charge in [0.1, 0.15) is 15.8 Å². The molecule has 0 radical (unpaired) electrons. The molecular formula is C16H14N2O6S2. The largest absolute Gasteiger partial charge is 0.496 e. The smallest absolute Gasteiger partial charge is 0.316 e. The molecule has 0 atom stereocenters. The number of hydrogen-bond acceptors (Lipinski definition) is 9. The van der Waals surface area contributed by atoms with Gasteiger partial charge in [0.05, 0.1) is 18.1 Å². The number of nitrogens with zero attached hydrogens (tertiary/aromatic N) is 2. The zero-order valence-corrected chi connectivity index (χ0v) is 15.5. The van der Waals surface area contributed by atoms with Gasteiger partial charge in [0, 0.05) is 18.2 Å². The van der Waals surface area contributed by atoms with Crippen molar-refractivity contribution in [3.8, 4) is 11.5 Å². The van der Waals surface area contributed by atoms with Crippen molar-refractivity contribution in [3.05, 3.63) is 46.2 Å². The molecule has 0 aromatic heterocycles. The van der Waals surface area contributed by atoms with E-state index in [1.54, 1.807) is 6.08 Å². The minimum absolute atomic E-state index is 0.0949. The fourth-order valence-corrected chi connectivity index (χ4v) is 3.56. The number of carbonyl (C=O) groups is 2. The van der Waals surface area contributed by atoms with Crippen LogP contribution in [0.1, 0.15) is 12.5 Å². The van der Waals surface area contributed by atoms with E-state index in [1.165, 1.54) is 31.0 Å². The molecule has 0 aliphatic carbocycles. The van der Waals surface area contributed by atoms with Crippen molar-refractivity contribution in [2.75, 3.05) is 12.9 Å². The second kappa shape index (κ2) is 8.68. The Bertz CT molecular complexity index is 847. The van der Waals surface area contributed by atoms with Gasteiger partial charge in [-0.25, -0.2) is 4.99 Å². The first kappa shape index (κ1) is 19.7. The van der Waals surface area contributed by atoms with E-state index >= 15 is 0 Å². The summed E-state index contributed by atoms with van der Waals surface area (Å²) in [7, 11) is 1.35. The van der Waals surface area contributed by atoms with Crippen molar-refractivity contribution in [2.45, 2.75) is 6.92 Å². The fourth-order valence-electron chi connectivity index (χ4n) is 1.95. The summed E-state index contributed by atoms with van der Waals surface area (Å²) < 4.78 is 10.6. The molecule has 8 nitrogen and oxygen atoms in total. The first-order valence-electron chi connectivity index (χ1n) is 7.16. The maximum Gasteiger partial charge on any atom is 0.316 e. The Kier molecular flexibility index (Phi) is 6.58. The first-order valence-corrected chi connectivity index (χ1v) is 8.97. The van der Waals surface area contributed by atoms with Crippen molar-refractivity contribution < 1.29 is 24.0 Å². The summed E-state index contributed by atoms with van der Waals surface area (Å²) in [5, 5.41) is 11.0. The quantitative estimate of drug-likeness (QED) is 0.180. The first-order chi connectivity index (χ1) is 12.3. The van der Waals surface area contributed by atoms with Gasteiger partial charge in [-0.3, -0.25) is 19.7 Å². The van der Waals surface area contributed by atoms with Gasteiger partial charge in [-0.2, -0.15) is 0 Å². The maximum absolute atomic E-state index is 12.1. The molecule has 10 heteroatoms. The third-order valence-corrected chi connectivity index (χ3v) is 4.97. The number of nitro benzene ring substituents is 1. The molecule has 0 bridgehead atoms. The van der Waals surface area contributed by atoms with E-state index in [4.69, 9.17) is 9.47 Å². The molecule has 1 aliphatic rings. The number of nitro groups is 1. The molecule has 1 aromatic carbocycles. The summed E-state index contributed by atoms with van der Waals surface area (Å²) in [6.07, 6.45) is 3.02. The second-order valence-electron chi connectivity index (χ2n) is 4.81. The predicted molar refractivity (Wildman–Crippen MR) is 102 cm³/mol. The van der Waals surface area contributed by atoms with Crippen molar-refractivity contribution in [2.24, 2.45) is 4.99 Å². The molecule has 0 spiro atoms. The Hall–Kier alpha value is -2.59. The predicted octanol–water partition coefficient (Wildman–Crippen LogP) is 3.42. The monoisotopic (exact) mass is 394 g/mol. The summed E-state index contributed by atoms with van der Waals surface area (Å²) in [5.41, 5.74) is -0.207. The molecule has 26 heavy (non-hydrogen) atoms. The standard InChI is InChI=1S/C16H14N2O6S2/c1-4-5-25-16-17-12(15(20)26-16)7-10-6-11(23-3)8-13(18(21)22)14(10)24-9(2)19/h4,6-8H,1,5H2,2-3H3/b12-7-. The highest BCUT2D eigenvalue weighted by Crippen LogP contribution is 2.39. The molecule has 0 fully saturated rings. The average Bonchev–Trinajstić information content (AvgIpc) is 2.93. The number of ether oxygens (including phenoxy) is 2. The van der Waals surface area contributed by atoms with E-state index in [2.05, 4.69) is 11.6 Å². The zero-order valence-electron chi connectivity index (χ0n) is 13.9. The van der Waals surface area contributed by atoms with Crippen LogP contribution in [0.5, 0.6) is 11.5 Å². The molecule has 0 saturated heterocycles. The van der Waals surface area contributed by atoms with Crippen LogP contribution in [0, 0.1) is 10.1 Å². The van der Waals surface area contributed by atoms with Crippen LogP contribution >= 0.6 is 23.5 Å². The van der Waals surface area contributed by atoms with E-state index in [1.807, 2.05) is 0 Å². The summed E-state index contributed by atoms with van der Waals surface area (Å²) >= 11 is 2.31. The summed E-state index contributed by atoms with van der Waals surface area (Å²) in [6.45, 7) is 4.73. The lowest BCUT2D eigenvalue weighted by Gasteiger charge is -2.09. The van der Waals surface area contributed by atoms with E-state index in [-0.39, 0.29) is 27.9 Å². The third-order valence-electron chi connectivity index (χ3n) is 2.97. The summed E-state index contributed by atoms with van der Waals surface area (Å²) in [6, 6.07) is 2.57. The normalized spacial score (nSPS) is 14.9. The Labute approximate surface area is 157 Å². The number of rotatable bonds is 6. The van der Waals surface area contributed by atoms with E-state index in [0.29, 0.717) is 10.1 Å². The summed E-state index contributed by atoms with van der Waals surface area (Å²) in [4.78, 5) is 38.3. The van der Waals surface area contributed by atoms with Crippen LogP contribution in [0.4, 0.5) is 5.69 Å². The van der Waals surface area contributed by atoms with Crippen molar-refractivity contribution in [1.29, 1.82) is 0 Å². The average molecular weight is 394 g/mol. The van der Waals surface area contributed by atoms with Crippen LogP contribution in [0.15, 0.2) is 35.5 Å². The molecule has 136 valence electrons. The minimum Gasteiger partial charge on any atom is -0.496 e. The Morgan fingerprint density at radius 2 is 2.23 bits per heavy atom. The lowest BCUT2D eigenvalue weighted by molar-refractivity contribution is -0.385. The molecule has 1 heterocycles. The third kappa shape index (κ3) is 4.73. The van der Waals surface area contributed by atoms with E-state index in [9.17, 15) is 19.7 Å². The Balaban J connectivity index is 2.56.